The average molecular weight is 305 g/mol. The molecule has 0 atom stereocenters. The predicted octanol–water partition coefficient (Wildman–Crippen LogP) is 3.68. The minimum absolute atomic E-state index is 0.551. The molecule has 23 heavy (non-hydrogen) atoms. The number of rotatable bonds is 6. The normalized spacial score (nSPS) is 11.0. The van der Waals surface area contributed by atoms with Gasteiger partial charge in [0.15, 0.2) is 0 Å². The highest BCUT2D eigenvalue weighted by atomic mass is 15.1. The largest absolute Gasteiger partial charge is 0.376 e. The highest BCUT2D eigenvalue weighted by Crippen LogP contribution is 2.20. The quantitative estimate of drug-likeness (QED) is 0.765. The number of pyridine rings is 2. The molecular weight excluding hydrogens is 286 g/mol. The Balaban J connectivity index is 2.10. The zero-order valence-electron chi connectivity index (χ0n) is 13.3. The number of aliphatic imine (C=N–C) groups is 2. The molecular formula is C18H19N5. The van der Waals surface area contributed by atoms with Crippen LogP contribution in [-0.4, -0.2) is 36.5 Å². The van der Waals surface area contributed by atoms with Gasteiger partial charge in [0.25, 0.3) is 0 Å². The lowest BCUT2D eigenvalue weighted by atomic mass is 10.2. The fourth-order valence-electron chi connectivity index (χ4n) is 1.75. The third kappa shape index (κ3) is 4.71. The first-order valence-corrected chi connectivity index (χ1v) is 7.08. The smallest absolute Gasteiger partial charge is 0.0887 e. The summed E-state index contributed by atoms with van der Waals surface area (Å²) in [6.07, 6.45) is 8.26. The predicted molar refractivity (Wildman–Crippen MR) is 97.8 cm³/mol. The SMILES string of the molecule is C=CC=NC(=C)C=Nc1ccc(-c2ccc(N(C)C)cn2)nc1. The van der Waals surface area contributed by atoms with Gasteiger partial charge >= 0.3 is 0 Å². The molecule has 5 heteroatoms. The van der Waals surface area contributed by atoms with Crippen LogP contribution in [0.2, 0.25) is 0 Å². The van der Waals surface area contributed by atoms with Crippen LogP contribution in [0.15, 0.2) is 71.6 Å². The van der Waals surface area contributed by atoms with Crippen molar-refractivity contribution in [1.29, 1.82) is 0 Å². The highest BCUT2D eigenvalue weighted by Gasteiger charge is 2.02. The minimum atomic E-state index is 0.551. The van der Waals surface area contributed by atoms with Gasteiger partial charge in [0.2, 0.25) is 0 Å². The van der Waals surface area contributed by atoms with Crippen LogP contribution in [0.1, 0.15) is 0 Å². The summed E-state index contributed by atoms with van der Waals surface area (Å²) in [5.74, 6) is 0. The van der Waals surface area contributed by atoms with Gasteiger partial charge in [-0.1, -0.05) is 19.2 Å². The number of aromatic nitrogens is 2. The lowest BCUT2D eigenvalue weighted by Gasteiger charge is -2.11. The highest BCUT2D eigenvalue weighted by molar-refractivity contribution is 5.84. The maximum absolute atomic E-state index is 4.42. The van der Waals surface area contributed by atoms with Crippen molar-refractivity contribution in [2.24, 2.45) is 9.98 Å². The maximum atomic E-state index is 4.42. The molecule has 2 aromatic rings. The zero-order chi connectivity index (χ0) is 16.7. The lowest BCUT2D eigenvalue weighted by Crippen LogP contribution is -2.08. The van der Waals surface area contributed by atoms with E-state index >= 15 is 0 Å². The van der Waals surface area contributed by atoms with Crippen molar-refractivity contribution in [3.63, 3.8) is 0 Å². The fraction of sp³-hybridized carbons (Fsp3) is 0.111. The first-order chi connectivity index (χ1) is 11.1. The summed E-state index contributed by atoms with van der Waals surface area (Å²) in [7, 11) is 3.96. The second-order valence-electron chi connectivity index (χ2n) is 4.96. The topological polar surface area (TPSA) is 53.7 Å². The van der Waals surface area contributed by atoms with E-state index in [4.69, 9.17) is 0 Å². The summed E-state index contributed by atoms with van der Waals surface area (Å²) < 4.78 is 0. The molecule has 0 radical (unpaired) electrons. The molecule has 0 unspecified atom stereocenters. The van der Waals surface area contributed by atoms with Gasteiger partial charge in [0.1, 0.15) is 0 Å². The fourth-order valence-corrected chi connectivity index (χ4v) is 1.75. The van der Waals surface area contributed by atoms with E-state index in [0.29, 0.717) is 5.70 Å². The first kappa shape index (κ1) is 16.3. The zero-order valence-corrected chi connectivity index (χ0v) is 13.3. The monoisotopic (exact) mass is 305 g/mol. The molecule has 0 spiro atoms. The Bertz CT molecular complexity index is 725. The Hall–Kier alpha value is -3.08. The van der Waals surface area contributed by atoms with Gasteiger partial charge in [-0.3, -0.25) is 20.0 Å². The number of hydrogen-bond donors (Lipinski definition) is 0. The van der Waals surface area contributed by atoms with E-state index in [-0.39, 0.29) is 0 Å². The van der Waals surface area contributed by atoms with Crippen molar-refractivity contribution in [1.82, 2.24) is 9.97 Å². The van der Waals surface area contributed by atoms with Gasteiger partial charge < -0.3 is 4.90 Å². The van der Waals surface area contributed by atoms with E-state index in [1.165, 1.54) is 0 Å². The van der Waals surface area contributed by atoms with Crippen molar-refractivity contribution in [3.05, 3.63) is 61.6 Å². The molecule has 0 aliphatic carbocycles. The van der Waals surface area contributed by atoms with Gasteiger partial charge in [0.05, 0.1) is 47.1 Å². The molecule has 0 bridgehead atoms. The van der Waals surface area contributed by atoms with E-state index in [9.17, 15) is 0 Å². The first-order valence-electron chi connectivity index (χ1n) is 7.08. The molecule has 2 aromatic heterocycles. The molecule has 0 aliphatic heterocycles. The molecule has 0 saturated carbocycles. The van der Waals surface area contributed by atoms with E-state index in [0.717, 1.165) is 22.8 Å². The summed E-state index contributed by atoms with van der Waals surface area (Å²) in [5, 5.41) is 0. The van der Waals surface area contributed by atoms with Gasteiger partial charge in [-0.25, -0.2) is 0 Å². The van der Waals surface area contributed by atoms with Crippen LogP contribution in [0.3, 0.4) is 0 Å². The summed E-state index contributed by atoms with van der Waals surface area (Å²) >= 11 is 0. The van der Waals surface area contributed by atoms with E-state index in [1.807, 2.05) is 49.5 Å². The Morgan fingerprint density at radius 1 is 1.09 bits per heavy atom. The summed E-state index contributed by atoms with van der Waals surface area (Å²) in [4.78, 5) is 19.1. The van der Waals surface area contributed by atoms with E-state index in [1.54, 1.807) is 24.7 Å². The van der Waals surface area contributed by atoms with Gasteiger partial charge in [0, 0.05) is 20.3 Å². The molecule has 0 aromatic carbocycles. The Morgan fingerprint density at radius 2 is 1.78 bits per heavy atom. The van der Waals surface area contributed by atoms with Crippen molar-refractivity contribution >= 4 is 23.8 Å². The van der Waals surface area contributed by atoms with Gasteiger partial charge in [-0.15, -0.1) is 0 Å². The Kier molecular flexibility index (Phi) is 5.52. The standard InChI is InChI=1S/C18H19N5/c1-5-10-19-14(2)11-20-15-6-8-17(21-12-15)18-9-7-16(13-22-18)23(3)4/h5-13H,1-2H2,3-4H3. The molecule has 0 aliphatic rings. The number of hydrogen-bond acceptors (Lipinski definition) is 5. The number of allylic oxidation sites excluding steroid dienone is 2. The average Bonchev–Trinajstić information content (AvgIpc) is 2.58. The third-order valence-corrected chi connectivity index (χ3v) is 2.98. The molecule has 0 fully saturated rings. The molecule has 2 rings (SSSR count). The molecule has 2 heterocycles. The maximum Gasteiger partial charge on any atom is 0.0887 e. The Morgan fingerprint density at radius 3 is 2.30 bits per heavy atom. The summed E-state index contributed by atoms with van der Waals surface area (Å²) in [5.41, 5.74) is 3.96. The van der Waals surface area contributed by atoms with Crippen molar-refractivity contribution < 1.29 is 0 Å². The molecule has 116 valence electrons. The van der Waals surface area contributed by atoms with Crippen LogP contribution < -0.4 is 4.90 Å². The van der Waals surface area contributed by atoms with Crippen LogP contribution in [0, 0.1) is 0 Å². The molecule has 0 saturated heterocycles. The number of nitrogens with zero attached hydrogens (tertiary/aromatic N) is 5. The Labute approximate surface area is 136 Å². The van der Waals surface area contributed by atoms with Crippen molar-refractivity contribution in [2.45, 2.75) is 0 Å². The van der Waals surface area contributed by atoms with Crippen LogP contribution >= 0.6 is 0 Å². The van der Waals surface area contributed by atoms with Gasteiger partial charge in [-0.05, 0) is 24.3 Å². The second kappa shape index (κ2) is 7.79. The summed E-state index contributed by atoms with van der Waals surface area (Å²) in [6, 6.07) is 7.73. The number of anilines is 1. The molecule has 0 amide bonds. The minimum Gasteiger partial charge on any atom is -0.376 e. The van der Waals surface area contributed by atoms with Crippen LogP contribution in [-0.2, 0) is 0 Å². The van der Waals surface area contributed by atoms with Gasteiger partial charge in [-0.2, -0.15) is 0 Å². The lowest BCUT2D eigenvalue weighted by molar-refractivity contribution is 1.11. The van der Waals surface area contributed by atoms with Crippen molar-refractivity contribution in [3.8, 4) is 11.4 Å². The van der Waals surface area contributed by atoms with Crippen LogP contribution in [0.4, 0.5) is 11.4 Å². The van der Waals surface area contributed by atoms with E-state index in [2.05, 4.69) is 33.1 Å². The van der Waals surface area contributed by atoms with E-state index < -0.39 is 0 Å². The van der Waals surface area contributed by atoms with Crippen LogP contribution in [0.25, 0.3) is 11.4 Å². The second-order valence-corrected chi connectivity index (χ2v) is 4.96. The van der Waals surface area contributed by atoms with Crippen molar-refractivity contribution in [2.75, 3.05) is 19.0 Å². The third-order valence-electron chi connectivity index (χ3n) is 2.98. The molecule has 0 N–H and O–H groups in total. The van der Waals surface area contributed by atoms with Crippen LogP contribution in [0.5, 0.6) is 0 Å². The summed E-state index contributed by atoms with van der Waals surface area (Å²) in [6.45, 7) is 7.32. The molecule has 5 nitrogen and oxygen atoms in total.